The van der Waals surface area contributed by atoms with Gasteiger partial charge in [-0.3, -0.25) is 0 Å². The summed E-state index contributed by atoms with van der Waals surface area (Å²) in [6, 6.07) is 18.3. The molecule has 1 aromatic heterocycles. The van der Waals surface area contributed by atoms with Crippen LogP contribution in [0.3, 0.4) is 0 Å². The van der Waals surface area contributed by atoms with Crippen molar-refractivity contribution in [1.82, 2.24) is 4.98 Å². The highest BCUT2D eigenvalue weighted by molar-refractivity contribution is 5.93. The van der Waals surface area contributed by atoms with E-state index in [2.05, 4.69) is 34.6 Å². The van der Waals surface area contributed by atoms with Gasteiger partial charge in [0.25, 0.3) is 0 Å². The minimum Gasteiger partial charge on any atom is -0.399 e. The number of pyridine rings is 1. The third kappa shape index (κ3) is 2.72. The van der Waals surface area contributed by atoms with Crippen molar-refractivity contribution in [3.63, 3.8) is 0 Å². The summed E-state index contributed by atoms with van der Waals surface area (Å²) in [5, 5.41) is 5.62. The highest BCUT2D eigenvalue weighted by Crippen LogP contribution is 2.22. The third-order valence-corrected chi connectivity index (χ3v) is 3.34. The largest absolute Gasteiger partial charge is 0.399 e. The molecule has 3 heteroatoms. The molecule has 0 bridgehead atoms. The van der Waals surface area contributed by atoms with E-state index in [4.69, 9.17) is 5.73 Å². The molecule has 0 spiro atoms. The van der Waals surface area contributed by atoms with Gasteiger partial charge >= 0.3 is 0 Å². The van der Waals surface area contributed by atoms with Crippen LogP contribution in [0.25, 0.3) is 10.8 Å². The summed E-state index contributed by atoms with van der Waals surface area (Å²) in [5.41, 5.74) is 7.91. The summed E-state index contributed by atoms with van der Waals surface area (Å²) >= 11 is 0. The highest BCUT2D eigenvalue weighted by Gasteiger charge is 2.02. The summed E-state index contributed by atoms with van der Waals surface area (Å²) in [6.07, 6.45) is 2.79. The zero-order valence-corrected chi connectivity index (χ0v) is 11.2. The van der Waals surface area contributed by atoms with Crippen LogP contribution in [-0.4, -0.2) is 11.5 Å². The van der Waals surface area contributed by atoms with Gasteiger partial charge in [0, 0.05) is 23.8 Å². The van der Waals surface area contributed by atoms with E-state index in [1.165, 1.54) is 5.56 Å². The van der Waals surface area contributed by atoms with Crippen molar-refractivity contribution < 1.29 is 0 Å². The quantitative estimate of drug-likeness (QED) is 0.709. The summed E-state index contributed by atoms with van der Waals surface area (Å²) in [7, 11) is 0. The Bertz CT molecular complexity index is 708. The maximum atomic E-state index is 5.81. The molecule has 0 radical (unpaired) electrons. The Labute approximate surface area is 118 Å². The predicted octanol–water partition coefficient (Wildman–Crippen LogP) is 3.47. The zero-order chi connectivity index (χ0) is 13.8. The maximum absolute atomic E-state index is 5.81. The fourth-order valence-electron chi connectivity index (χ4n) is 2.31. The number of aromatic nitrogens is 1. The number of nitrogens with two attached hydrogens (primary N) is 1. The number of nitrogens with zero attached hydrogens (tertiary/aromatic N) is 1. The smallest absolute Gasteiger partial charge is 0.133 e. The Balaban J connectivity index is 1.74. The van der Waals surface area contributed by atoms with Crippen molar-refractivity contribution in [2.24, 2.45) is 0 Å². The third-order valence-electron chi connectivity index (χ3n) is 3.34. The van der Waals surface area contributed by atoms with Crippen LogP contribution < -0.4 is 11.1 Å². The van der Waals surface area contributed by atoms with E-state index in [-0.39, 0.29) is 0 Å². The lowest BCUT2D eigenvalue weighted by Crippen LogP contribution is -2.06. The fraction of sp³-hybridized carbons (Fsp3) is 0.118. The van der Waals surface area contributed by atoms with Crippen LogP contribution in [0.4, 0.5) is 11.5 Å². The zero-order valence-electron chi connectivity index (χ0n) is 11.2. The van der Waals surface area contributed by atoms with Gasteiger partial charge in [-0.25, -0.2) is 4.98 Å². The Morgan fingerprint density at radius 3 is 2.70 bits per heavy atom. The fourth-order valence-corrected chi connectivity index (χ4v) is 2.31. The molecule has 1 heterocycles. The Hall–Kier alpha value is -2.55. The number of nitrogen functional groups attached to an aromatic ring is 1. The van der Waals surface area contributed by atoms with Gasteiger partial charge in [-0.2, -0.15) is 0 Å². The molecule has 0 atom stereocenters. The standard InChI is InChI=1S/C17H17N3/c18-15-6-7-16-14(12-15)9-11-20-17(16)19-10-8-13-4-2-1-3-5-13/h1-7,9,11-12H,8,10,18H2,(H,19,20). The van der Waals surface area contributed by atoms with E-state index < -0.39 is 0 Å². The number of benzene rings is 2. The second-order valence-corrected chi connectivity index (χ2v) is 4.80. The average molecular weight is 263 g/mol. The van der Waals surface area contributed by atoms with Gasteiger partial charge < -0.3 is 11.1 Å². The molecule has 3 nitrogen and oxygen atoms in total. The lowest BCUT2D eigenvalue weighted by Gasteiger charge is -2.09. The molecular formula is C17H17N3. The average Bonchev–Trinajstić information content (AvgIpc) is 2.48. The first-order chi connectivity index (χ1) is 9.83. The monoisotopic (exact) mass is 263 g/mol. The molecule has 0 aliphatic carbocycles. The van der Waals surface area contributed by atoms with Gasteiger partial charge in [0.2, 0.25) is 0 Å². The molecule has 0 aliphatic rings. The van der Waals surface area contributed by atoms with Crippen molar-refractivity contribution in [2.75, 3.05) is 17.6 Å². The van der Waals surface area contributed by atoms with Crippen LogP contribution in [0, 0.1) is 0 Å². The van der Waals surface area contributed by atoms with E-state index in [9.17, 15) is 0 Å². The molecule has 20 heavy (non-hydrogen) atoms. The first-order valence-corrected chi connectivity index (χ1v) is 6.75. The SMILES string of the molecule is Nc1ccc2c(NCCc3ccccc3)nccc2c1. The molecule has 100 valence electrons. The Morgan fingerprint density at radius 2 is 1.85 bits per heavy atom. The maximum Gasteiger partial charge on any atom is 0.133 e. The van der Waals surface area contributed by atoms with Crippen LogP contribution in [-0.2, 0) is 6.42 Å². The van der Waals surface area contributed by atoms with E-state index in [0.29, 0.717) is 0 Å². The Kier molecular flexibility index (Phi) is 3.50. The van der Waals surface area contributed by atoms with Crippen molar-refractivity contribution in [3.8, 4) is 0 Å². The molecular weight excluding hydrogens is 246 g/mol. The molecule has 0 saturated carbocycles. The minimum absolute atomic E-state index is 0.777. The van der Waals surface area contributed by atoms with Gasteiger partial charge in [0.05, 0.1) is 0 Å². The van der Waals surface area contributed by atoms with Crippen LogP contribution >= 0.6 is 0 Å². The van der Waals surface area contributed by atoms with E-state index in [1.807, 2.05) is 36.5 Å². The first kappa shape index (κ1) is 12.5. The molecule has 0 saturated heterocycles. The lowest BCUT2D eigenvalue weighted by atomic mass is 10.1. The molecule has 3 rings (SSSR count). The minimum atomic E-state index is 0.777. The highest BCUT2D eigenvalue weighted by atomic mass is 15.0. The van der Waals surface area contributed by atoms with E-state index in [1.54, 1.807) is 0 Å². The van der Waals surface area contributed by atoms with Crippen molar-refractivity contribution >= 4 is 22.3 Å². The molecule has 0 aliphatic heterocycles. The van der Waals surface area contributed by atoms with Crippen LogP contribution in [0.1, 0.15) is 5.56 Å². The van der Waals surface area contributed by atoms with Gasteiger partial charge in [0.15, 0.2) is 0 Å². The van der Waals surface area contributed by atoms with Gasteiger partial charge in [0.1, 0.15) is 5.82 Å². The van der Waals surface area contributed by atoms with Gasteiger partial charge in [-0.15, -0.1) is 0 Å². The number of anilines is 2. The number of hydrogen-bond donors (Lipinski definition) is 2. The summed E-state index contributed by atoms with van der Waals surface area (Å²) < 4.78 is 0. The van der Waals surface area contributed by atoms with Gasteiger partial charge in [-0.05, 0) is 41.6 Å². The topological polar surface area (TPSA) is 50.9 Å². The summed E-state index contributed by atoms with van der Waals surface area (Å²) in [4.78, 5) is 4.42. The molecule has 3 N–H and O–H groups in total. The van der Waals surface area contributed by atoms with Crippen molar-refractivity contribution in [1.29, 1.82) is 0 Å². The summed E-state index contributed by atoms with van der Waals surface area (Å²) in [5.74, 6) is 0.915. The second-order valence-electron chi connectivity index (χ2n) is 4.80. The van der Waals surface area contributed by atoms with Crippen molar-refractivity contribution in [2.45, 2.75) is 6.42 Å². The van der Waals surface area contributed by atoms with Crippen LogP contribution in [0.5, 0.6) is 0 Å². The number of rotatable bonds is 4. The van der Waals surface area contributed by atoms with Crippen molar-refractivity contribution in [3.05, 3.63) is 66.4 Å². The Morgan fingerprint density at radius 1 is 1.00 bits per heavy atom. The first-order valence-electron chi connectivity index (χ1n) is 6.75. The lowest BCUT2D eigenvalue weighted by molar-refractivity contribution is 1.01. The molecule has 0 unspecified atom stereocenters. The van der Waals surface area contributed by atoms with E-state index in [0.717, 1.165) is 35.2 Å². The second kappa shape index (κ2) is 5.61. The number of fused-ring (bicyclic) bond motifs is 1. The summed E-state index contributed by atoms with van der Waals surface area (Å²) in [6.45, 7) is 0.862. The number of hydrogen-bond acceptors (Lipinski definition) is 3. The van der Waals surface area contributed by atoms with Crippen LogP contribution in [0.2, 0.25) is 0 Å². The van der Waals surface area contributed by atoms with Crippen LogP contribution in [0.15, 0.2) is 60.8 Å². The molecule has 0 amide bonds. The molecule has 2 aromatic carbocycles. The molecule has 0 fully saturated rings. The van der Waals surface area contributed by atoms with E-state index >= 15 is 0 Å². The predicted molar refractivity (Wildman–Crippen MR) is 84.8 cm³/mol. The normalized spacial score (nSPS) is 10.6. The number of nitrogens with one attached hydrogen (secondary N) is 1. The van der Waals surface area contributed by atoms with Gasteiger partial charge in [-0.1, -0.05) is 30.3 Å². The molecule has 3 aromatic rings.